The summed E-state index contributed by atoms with van der Waals surface area (Å²) in [7, 11) is 1.68. The van der Waals surface area contributed by atoms with Crippen molar-refractivity contribution in [3.05, 3.63) is 59.2 Å². The molecule has 0 aliphatic carbocycles. The molecule has 1 N–H and O–H groups in total. The Morgan fingerprint density at radius 2 is 1.89 bits per heavy atom. The summed E-state index contributed by atoms with van der Waals surface area (Å²) in [6.45, 7) is 4.78. The summed E-state index contributed by atoms with van der Waals surface area (Å²) in [5, 5.41) is 10.8. The number of rotatable bonds is 6. The first-order valence-corrected chi connectivity index (χ1v) is 9.92. The molecule has 2 aromatic rings. The highest BCUT2D eigenvalue weighted by molar-refractivity contribution is 5.47. The van der Waals surface area contributed by atoms with E-state index in [4.69, 9.17) is 9.47 Å². The summed E-state index contributed by atoms with van der Waals surface area (Å²) in [6.07, 6.45) is 2.78. The molecule has 0 spiro atoms. The number of nitrogens with zero attached hydrogens (tertiary/aromatic N) is 1. The Hall–Kier alpha value is -2.04. The maximum absolute atomic E-state index is 10.8. The zero-order valence-corrected chi connectivity index (χ0v) is 16.2. The van der Waals surface area contributed by atoms with Gasteiger partial charge in [-0.1, -0.05) is 42.0 Å². The van der Waals surface area contributed by atoms with Crippen LogP contribution in [0.3, 0.4) is 0 Å². The van der Waals surface area contributed by atoms with Crippen LogP contribution in [0.2, 0.25) is 0 Å². The van der Waals surface area contributed by atoms with Crippen LogP contribution in [-0.2, 0) is 13.0 Å². The highest BCUT2D eigenvalue weighted by Crippen LogP contribution is 2.38. The molecule has 3 aliphatic rings. The fraction of sp³-hybridized carbons (Fsp3) is 0.478. The number of aryl methyl sites for hydroxylation is 1. The van der Waals surface area contributed by atoms with Gasteiger partial charge in [0.2, 0.25) is 0 Å². The molecule has 4 heteroatoms. The standard InChI is InChI=1S/C23H29NO3/c1-16-5-3-6-17(13-16)15-27-23-19(7-4-8-21(23)26-2)14-20-22(25)18-9-11-24(20)12-10-18/h3-8,13,18,20,22,25H,9-12,14-15H2,1-2H3. The summed E-state index contributed by atoms with van der Waals surface area (Å²) >= 11 is 0. The predicted octanol–water partition coefficient (Wildman–Crippen LogP) is 3.58. The molecule has 4 nitrogen and oxygen atoms in total. The number of ether oxygens (including phenoxy) is 2. The van der Waals surface area contributed by atoms with Crippen LogP contribution in [0.25, 0.3) is 0 Å². The minimum Gasteiger partial charge on any atom is -0.493 e. The van der Waals surface area contributed by atoms with E-state index in [0.717, 1.165) is 55.0 Å². The normalized spacial score (nSPS) is 26.8. The number of para-hydroxylation sites is 1. The van der Waals surface area contributed by atoms with Crippen molar-refractivity contribution in [3.8, 4) is 11.5 Å². The molecule has 3 fully saturated rings. The monoisotopic (exact) mass is 367 g/mol. The minimum absolute atomic E-state index is 0.172. The Morgan fingerprint density at radius 1 is 1.11 bits per heavy atom. The molecule has 0 aromatic heterocycles. The third-order valence-electron chi connectivity index (χ3n) is 6.10. The van der Waals surface area contributed by atoms with Gasteiger partial charge in [0, 0.05) is 6.04 Å². The first-order valence-electron chi connectivity index (χ1n) is 9.92. The average molecular weight is 367 g/mol. The first-order chi connectivity index (χ1) is 13.2. The zero-order valence-electron chi connectivity index (χ0n) is 16.2. The Bertz CT molecular complexity index is 781. The summed E-state index contributed by atoms with van der Waals surface area (Å²) in [4.78, 5) is 2.44. The highest BCUT2D eigenvalue weighted by Gasteiger charge is 2.41. The molecule has 2 bridgehead atoms. The molecule has 27 heavy (non-hydrogen) atoms. The average Bonchev–Trinajstić information content (AvgIpc) is 2.69. The Labute approximate surface area is 161 Å². The van der Waals surface area contributed by atoms with Crippen LogP contribution in [-0.4, -0.2) is 42.4 Å². The number of methoxy groups -OCH3 is 1. The first kappa shape index (κ1) is 18.3. The van der Waals surface area contributed by atoms with Gasteiger partial charge >= 0.3 is 0 Å². The van der Waals surface area contributed by atoms with Gasteiger partial charge in [-0.2, -0.15) is 0 Å². The summed E-state index contributed by atoms with van der Waals surface area (Å²) in [5.74, 6) is 2.00. The Morgan fingerprint density at radius 3 is 2.59 bits per heavy atom. The number of aliphatic hydroxyl groups is 1. The van der Waals surface area contributed by atoms with E-state index in [2.05, 4.69) is 42.2 Å². The quantitative estimate of drug-likeness (QED) is 0.847. The number of hydrogen-bond acceptors (Lipinski definition) is 4. The predicted molar refractivity (Wildman–Crippen MR) is 106 cm³/mol. The van der Waals surface area contributed by atoms with Crippen molar-refractivity contribution in [2.45, 2.75) is 44.9 Å². The second-order valence-corrected chi connectivity index (χ2v) is 7.86. The van der Waals surface area contributed by atoms with Crippen molar-refractivity contribution in [2.24, 2.45) is 5.92 Å². The van der Waals surface area contributed by atoms with E-state index in [0.29, 0.717) is 12.5 Å². The topological polar surface area (TPSA) is 41.9 Å². The minimum atomic E-state index is -0.247. The lowest BCUT2D eigenvalue weighted by molar-refractivity contribution is -0.0717. The number of fused-ring (bicyclic) bond motifs is 3. The van der Waals surface area contributed by atoms with Gasteiger partial charge < -0.3 is 14.6 Å². The molecule has 2 aromatic carbocycles. The van der Waals surface area contributed by atoms with E-state index < -0.39 is 0 Å². The molecule has 0 amide bonds. The van der Waals surface area contributed by atoms with Crippen LogP contribution in [0.15, 0.2) is 42.5 Å². The maximum atomic E-state index is 10.8. The molecular formula is C23H29NO3. The zero-order chi connectivity index (χ0) is 18.8. The van der Waals surface area contributed by atoms with E-state index in [1.165, 1.54) is 5.56 Å². The smallest absolute Gasteiger partial charge is 0.164 e. The van der Waals surface area contributed by atoms with Crippen molar-refractivity contribution < 1.29 is 14.6 Å². The van der Waals surface area contributed by atoms with E-state index in [9.17, 15) is 5.11 Å². The van der Waals surface area contributed by atoms with E-state index in [1.807, 2.05) is 12.1 Å². The van der Waals surface area contributed by atoms with Crippen LogP contribution in [0.4, 0.5) is 0 Å². The lowest BCUT2D eigenvalue weighted by atomic mass is 9.78. The number of hydrogen-bond donors (Lipinski definition) is 1. The molecule has 2 atom stereocenters. The van der Waals surface area contributed by atoms with Gasteiger partial charge in [-0.15, -0.1) is 0 Å². The number of benzene rings is 2. The van der Waals surface area contributed by atoms with Crippen LogP contribution < -0.4 is 9.47 Å². The molecule has 5 rings (SSSR count). The fourth-order valence-corrected chi connectivity index (χ4v) is 4.60. The molecule has 0 saturated carbocycles. The van der Waals surface area contributed by atoms with Gasteiger partial charge in [0.15, 0.2) is 11.5 Å². The van der Waals surface area contributed by atoms with Crippen molar-refractivity contribution in [1.29, 1.82) is 0 Å². The van der Waals surface area contributed by atoms with Gasteiger partial charge in [0.05, 0.1) is 13.2 Å². The second kappa shape index (κ2) is 7.91. The van der Waals surface area contributed by atoms with Gasteiger partial charge in [0.1, 0.15) is 6.61 Å². The fourth-order valence-electron chi connectivity index (χ4n) is 4.60. The molecule has 2 unspecified atom stereocenters. The van der Waals surface area contributed by atoms with Crippen LogP contribution in [0.5, 0.6) is 11.5 Å². The molecular weight excluding hydrogens is 338 g/mol. The van der Waals surface area contributed by atoms with Crippen LogP contribution in [0.1, 0.15) is 29.5 Å². The largest absolute Gasteiger partial charge is 0.493 e. The van der Waals surface area contributed by atoms with E-state index >= 15 is 0 Å². The molecule has 3 saturated heterocycles. The second-order valence-electron chi connectivity index (χ2n) is 7.86. The van der Waals surface area contributed by atoms with Gasteiger partial charge in [-0.25, -0.2) is 0 Å². The molecule has 144 valence electrons. The summed E-state index contributed by atoms with van der Waals surface area (Å²) in [6, 6.07) is 14.6. The molecule has 3 aliphatic heterocycles. The van der Waals surface area contributed by atoms with Crippen molar-refractivity contribution in [2.75, 3.05) is 20.2 Å². The summed E-state index contributed by atoms with van der Waals surface area (Å²) in [5.41, 5.74) is 3.48. The molecule has 3 heterocycles. The lowest BCUT2D eigenvalue weighted by Gasteiger charge is -2.49. The third kappa shape index (κ3) is 3.83. The Balaban J connectivity index is 1.55. The van der Waals surface area contributed by atoms with Crippen LogP contribution in [0, 0.1) is 12.8 Å². The number of aliphatic hydroxyl groups excluding tert-OH is 1. The van der Waals surface area contributed by atoms with E-state index in [1.54, 1.807) is 7.11 Å². The van der Waals surface area contributed by atoms with Crippen molar-refractivity contribution in [1.82, 2.24) is 4.90 Å². The summed E-state index contributed by atoms with van der Waals surface area (Å²) < 4.78 is 11.8. The SMILES string of the molecule is COc1cccc(CC2C(O)C3CCN2CC3)c1OCc1cccc(C)c1. The van der Waals surface area contributed by atoms with E-state index in [-0.39, 0.29) is 12.1 Å². The van der Waals surface area contributed by atoms with Crippen molar-refractivity contribution in [3.63, 3.8) is 0 Å². The van der Waals surface area contributed by atoms with Gasteiger partial charge in [0.25, 0.3) is 0 Å². The maximum Gasteiger partial charge on any atom is 0.164 e. The molecule has 0 radical (unpaired) electrons. The lowest BCUT2D eigenvalue weighted by Crippen LogP contribution is -2.58. The van der Waals surface area contributed by atoms with Crippen molar-refractivity contribution >= 4 is 0 Å². The highest BCUT2D eigenvalue weighted by atomic mass is 16.5. The van der Waals surface area contributed by atoms with Crippen LogP contribution >= 0.6 is 0 Å². The van der Waals surface area contributed by atoms with Gasteiger partial charge in [-0.3, -0.25) is 4.90 Å². The van der Waals surface area contributed by atoms with Gasteiger partial charge in [-0.05, 0) is 62.4 Å². The Kier molecular flexibility index (Phi) is 5.37. The number of piperidine rings is 3. The third-order valence-corrected chi connectivity index (χ3v) is 6.10.